The van der Waals surface area contributed by atoms with E-state index in [0.717, 1.165) is 65.9 Å². The highest BCUT2D eigenvalue weighted by molar-refractivity contribution is 6.01. The van der Waals surface area contributed by atoms with Crippen molar-refractivity contribution in [1.29, 1.82) is 0 Å². The summed E-state index contributed by atoms with van der Waals surface area (Å²) in [5.74, 6) is 1.84. The van der Waals surface area contributed by atoms with Crippen LogP contribution in [0.3, 0.4) is 0 Å². The first-order chi connectivity index (χ1) is 15.8. The lowest BCUT2D eigenvalue weighted by Gasteiger charge is -2.39. The fourth-order valence-electron chi connectivity index (χ4n) is 4.39. The molecular weight excluding hydrogens is 418 g/mol. The van der Waals surface area contributed by atoms with Crippen molar-refractivity contribution >= 4 is 11.8 Å². The molecule has 0 unspecified atom stereocenters. The average molecular weight is 452 g/mol. The molecule has 1 aromatic rings. The number of ether oxygens (including phenoxy) is 2. The molecule has 1 aromatic carbocycles. The quantitative estimate of drug-likeness (QED) is 0.750. The Kier molecular flexibility index (Phi) is 6.61. The Hall–Kier alpha value is -3.06. The summed E-state index contributed by atoms with van der Waals surface area (Å²) in [5.41, 5.74) is 3.33. The maximum Gasteiger partial charge on any atom is 0.310 e. The maximum absolute atomic E-state index is 11.6. The Morgan fingerprint density at radius 1 is 1.24 bits per heavy atom. The molecule has 0 aromatic heterocycles. The molecule has 4 rings (SSSR count). The zero-order valence-corrected chi connectivity index (χ0v) is 19.9. The Morgan fingerprint density at radius 2 is 2.00 bits per heavy atom. The molecule has 1 N–H and O–H groups in total. The van der Waals surface area contributed by atoms with E-state index >= 15 is 0 Å². The topological polar surface area (TPSA) is 74.6 Å². The third kappa shape index (κ3) is 5.14. The summed E-state index contributed by atoms with van der Waals surface area (Å²) in [5, 5.41) is 9.50. The Morgan fingerprint density at radius 3 is 2.70 bits per heavy atom. The first-order valence-electron chi connectivity index (χ1n) is 11.4. The standard InChI is InChI=1S/C26H33N3O4/c1-18-6-5-7-23-22(14-18)27-24(21-9-8-20(32-4)15-19(21)16-33-23)29-12-10-28(11-13-29)17-26(2,3)25(30)31/h5-6,8-9,14-15H,7,10-13,16-17H2,1-4H3,(H,30,31). The van der Waals surface area contributed by atoms with Crippen molar-refractivity contribution in [1.82, 2.24) is 9.80 Å². The van der Waals surface area contributed by atoms with Gasteiger partial charge in [-0.25, -0.2) is 4.99 Å². The molecule has 176 valence electrons. The number of carboxylic acid groups (broad SMARTS) is 1. The normalized spacial score (nSPS) is 19.3. The largest absolute Gasteiger partial charge is 0.497 e. The number of amidine groups is 1. The van der Waals surface area contributed by atoms with Crippen LogP contribution in [-0.4, -0.2) is 66.5 Å². The minimum absolute atomic E-state index is 0.456. The number of carbonyl (C=O) groups is 1. The summed E-state index contributed by atoms with van der Waals surface area (Å²) < 4.78 is 11.7. The van der Waals surface area contributed by atoms with Crippen molar-refractivity contribution in [2.45, 2.75) is 33.8 Å². The van der Waals surface area contributed by atoms with Crippen molar-refractivity contribution in [3.05, 3.63) is 64.6 Å². The minimum Gasteiger partial charge on any atom is -0.497 e. The molecule has 0 saturated carbocycles. The van der Waals surface area contributed by atoms with E-state index in [4.69, 9.17) is 14.5 Å². The van der Waals surface area contributed by atoms with Crippen molar-refractivity contribution in [3.63, 3.8) is 0 Å². The van der Waals surface area contributed by atoms with E-state index in [9.17, 15) is 9.90 Å². The zero-order chi connectivity index (χ0) is 23.6. The molecule has 0 radical (unpaired) electrons. The molecule has 1 aliphatic carbocycles. The number of rotatable bonds is 4. The highest BCUT2D eigenvalue weighted by atomic mass is 16.5. The third-order valence-corrected chi connectivity index (χ3v) is 6.39. The molecule has 2 aliphatic heterocycles. The second kappa shape index (κ2) is 9.43. The number of aliphatic imine (C=N–C) groups is 1. The van der Waals surface area contributed by atoms with E-state index in [1.807, 2.05) is 12.1 Å². The number of hydrogen-bond acceptors (Lipinski definition) is 6. The van der Waals surface area contributed by atoms with Crippen LogP contribution in [-0.2, 0) is 16.1 Å². The average Bonchev–Trinajstić information content (AvgIpc) is 2.95. The Labute approximate surface area is 195 Å². The number of fused-ring (bicyclic) bond motifs is 1. The molecule has 1 fully saturated rings. The van der Waals surface area contributed by atoms with Crippen LogP contribution in [0.25, 0.3) is 0 Å². The lowest BCUT2D eigenvalue weighted by Crippen LogP contribution is -2.52. The number of piperazine rings is 1. The van der Waals surface area contributed by atoms with Gasteiger partial charge in [-0.3, -0.25) is 9.69 Å². The number of carboxylic acids is 1. The number of benzene rings is 1. The van der Waals surface area contributed by atoms with Gasteiger partial charge < -0.3 is 19.5 Å². The fourth-order valence-corrected chi connectivity index (χ4v) is 4.39. The number of nitrogens with zero attached hydrogens (tertiary/aromatic N) is 3. The van der Waals surface area contributed by atoms with Gasteiger partial charge in [-0.15, -0.1) is 0 Å². The van der Waals surface area contributed by atoms with E-state index in [1.54, 1.807) is 21.0 Å². The van der Waals surface area contributed by atoms with Crippen molar-refractivity contribution < 1.29 is 19.4 Å². The number of methoxy groups -OCH3 is 1. The molecule has 0 atom stereocenters. The highest BCUT2D eigenvalue weighted by Crippen LogP contribution is 2.29. The summed E-state index contributed by atoms with van der Waals surface area (Å²) in [6.07, 6.45) is 7.00. The minimum atomic E-state index is -0.768. The smallest absolute Gasteiger partial charge is 0.310 e. The summed E-state index contributed by atoms with van der Waals surface area (Å²) in [6, 6.07) is 6.05. The number of hydrogen-bond donors (Lipinski definition) is 1. The molecule has 33 heavy (non-hydrogen) atoms. The van der Waals surface area contributed by atoms with Crippen LogP contribution in [0.5, 0.6) is 5.75 Å². The van der Waals surface area contributed by atoms with E-state index in [-0.39, 0.29) is 0 Å². The fraction of sp³-hybridized carbons (Fsp3) is 0.462. The van der Waals surface area contributed by atoms with E-state index in [0.29, 0.717) is 19.6 Å². The van der Waals surface area contributed by atoms with Crippen molar-refractivity contribution in [2.24, 2.45) is 10.4 Å². The summed E-state index contributed by atoms with van der Waals surface area (Å²) in [7, 11) is 1.67. The molecule has 1 saturated heterocycles. The molecule has 3 aliphatic rings. The van der Waals surface area contributed by atoms with Crippen LogP contribution >= 0.6 is 0 Å². The summed E-state index contributed by atoms with van der Waals surface area (Å²) >= 11 is 0. The molecule has 7 nitrogen and oxygen atoms in total. The van der Waals surface area contributed by atoms with E-state index in [2.05, 4.69) is 41.0 Å². The SMILES string of the molecule is COc1ccc2c(c1)COC1=C(C=C(C)C=CC1)N=C2N1CCN(CC(C)(C)C(=O)O)CC1. The summed E-state index contributed by atoms with van der Waals surface area (Å²) in [6.45, 7) is 9.78. The molecule has 7 heteroatoms. The van der Waals surface area contributed by atoms with E-state index in [1.165, 1.54) is 0 Å². The van der Waals surface area contributed by atoms with Crippen LogP contribution in [0.4, 0.5) is 0 Å². The predicted molar refractivity (Wildman–Crippen MR) is 128 cm³/mol. The van der Waals surface area contributed by atoms with Gasteiger partial charge in [-0.05, 0) is 50.6 Å². The number of aliphatic carboxylic acids is 1. The van der Waals surface area contributed by atoms with Gasteiger partial charge in [0.05, 0.1) is 12.5 Å². The molecular formula is C26H33N3O4. The van der Waals surface area contributed by atoms with Crippen LogP contribution in [0.1, 0.15) is 38.3 Å². The second-order valence-electron chi connectivity index (χ2n) is 9.50. The molecule has 2 heterocycles. The first-order valence-corrected chi connectivity index (χ1v) is 11.4. The lowest BCUT2D eigenvalue weighted by atomic mass is 9.93. The van der Waals surface area contributed by atoms with E-state index < -0.39 is 11.4 Å². The van der Waals surface area contributed by atoms with Crippen LogP contribution < -0.4 is 4.74 Å². The Bertz CT molecular complexity index is 1040. The van der Waals surface area contributed by atoms with Gasteiger partial charge in [0.25, 0.3) is 0 Å². The van der Waals surface area contributed by atoms with Crippen molar-refractivity contribution in [2.75, 3.05) is 39.8 Å². The molecule has 0 bridgehead atoms. The van der Waals surface area contributed by atoms with Gasteiger partial charge in [0, 0.05) is 50.3 Å². The summed E-state index contributed by atoms with van der Waals surface area (Å²) in [4.78, 5) is 21.3. The van der Waals surface area contributed by atoms with Gasteiger partial charge in [0.2, 0.25) is 0 Å². The zero-order valence-electron chi connectivity index (χ0n) is 19.9. The number of allylic oxidation sites excluding steroid dienone is 4. The monoisotopic (exact) mass is 451 g/mol. The molecule has 0 amide bonds. The van der Waals surface area contributed by atoms with Gasteiger partial charge in [-0.2, -0.15) is 0 Å². The van der Waals surface area contributed by atoms with Crippen LogP contribution in [0, 0.1) is 5.41 Å². The van der Waals surface area contributed by atoms with Gasteiger partial charge in [0.1, 0.15) is 29.6 Å². The first kappa shape index (κ1) is 23.1. The predicted octanol–water partition coefficient (Wildman–Crippen LogP) is 3.82. The second-order valence-corrected chi connectivity index (χ2v) is 9.50. The van der Waals surface area contributed by atoms with Crippen molar-refractivity contribution in [3.8, 4) is 5.75 Å². The molecule has 0 spiro atoms. The van der Waals surface area contributed by atoms with Crippen LogP contribution in [0.15, 0.2) is 58.4 Å². The highest BCUT2D eigenvalue weighted by Gasteiger charge is 2.32. The van der Waals surface area contributed by atoms with Gasteiger partial charge in [-0.1, -0.05) is 12.2 Å². The van der Waals surface area contributed by atoms with Gasteiger partial charge in [0.15, 0.2) is 0 Å². The van der Waals surface area contributed by atoms with Crippen LogP contribution in [0.2, 0.25) is 0 Å². The lowest BCUT2D eigenvalue weighted by molar-refractivity contribution is -0.148. The maximum atomic E-state index is 11.6. The van der Waals surface area contributed by atoms with Gasteiger partial charge >= 0.3 is 5.97 Å². The third-order valence-electron chi connectivity index (χ3n) is 6.39. The Balaban J connectivity index is 1.65.